The van der Waals surface area contributed by atoms with Crippen LogP contribution in [0.15, 0.2) is 18.2 Å². The Bertz CT molecular complexity index is 352. The lowest BCUT2D eigenvalue weighted by Crippen LogP contribution is -2.07. The molecule has 1 N–H and O–H groups in total. The van der Waals surface area contributed by atoms with E-state index < -0.39 is 5.51 Å². The van der Waals surface area contributed by atoms with E-state index in [1.54, 1.807) is 19.1 Å². The van der Waals surface area contributed by atoms with Crippen LogP contribution in [-0.4, -0.2) is 23.0 Å². The molecule has 0 aliphatic heterocycles. The van der Waals surface area contributed by atoms with E-state index in [1.807, 2.05) is 0 Å². The molecule has 2 nitrogen and oxygen atoms in total. The average Bonchev–Trinajstić information content (AvgIpc) is 2.17. The first-order valence-electron chi connectivity index (χ1n) is 4.52. The van der Waals surface area contributed by atoms with Gasteiger partial charge in [0, 0.05) is 11.3 Å². The van der Waals surface area contributed by atoms with Crippen LogP contribution in [0.1, 0.15) is 5.56 Å². The summed E-state index contributed by atoms with van der Waals surface area (Å²) in [4.78, 5) is 0. The first kappa shape index (κ1) is 13.0. The van der Waals surface area contributed by atoms with Crippen molar-refractivity contribution >= 4 is 11.8 Å². The molecule has 0 amide bonds. The van der Waals surface area contributed by atoms with Gasteiger partial charge in [0.1, 0.15) is 11.5 Å². The molecule has 0 fully saturated rings. The Morgan fingerprint density at radius 2 is 2.06 bits per heavy atom. The Labute approximate surface area is 95.4 Å². The van der Waals surface area contributed by atoms with Crippen LogP contribution in [0, 0.1) is 6.92 Å². The first-order chi connectivity index (χ1) is 7.40. The molecule has 16 heavy (non-hydrogen) atoms. The van der Waals surface area contributed by atoms with Gasteiger partial charge in [0.25, 0.3) is 0 Å². The van der Waals surface area contributed by atoms with Gasteiger partial charge in [-0.2, -0.15) is 13.2 Å². The highest BCUT2D eigenvalue weighted by molar-refractivity contribution is 8.00. The summed E-state index contributed by atoms with van der Waals surface area (Å²) in [6.45, 7) is 1.59. The third-order valence-electron chi connectivity index (χ3n) is 1.86. The fourth-order valence-electron chi connectivity index (χ4n) is 1.07. The number of phenols is 1. The van der Waals surface area contributed by atoms with Crippen molar-refractivity contribution in [2.45, 2.75) is 12.4 Å². The second kappa shape index (κ2) is 5.34. The molecule has 0 aliphatic rings. The predicted octanol–water partition coefficient (Wildman–Crippen LogP) is 3.33. The molecule has 0 aromatic heterocycles. The van der Waals surface area contributed by atoms with Gasteiger partial charge in [-0.1, -0.05) is 6.07 Å². The second-order valence-corrected chi connectivity index (χ2v) is 4.20. The van der Waals surface area contributed by atoms with Gasteiger partial charge in [-0.3, -0.25) is 0 Å². The Morgan fingerprint density at radius 1 is 1.38 bits per heavy atom. The van der Waals surface area contributed by atoms with E-state index >= 15 is 0 Å². The molecule has 0 saturated carbocycles. The maximum Gasteiger partial charge on any atom is 0.441 e. The van der Waals surface area contributed by atoms with E-state index in [9.17, 15) is 18.3 Å². The summed E-state index contributed by atoms with van der Waals surface area (Å²) >= 11 is -0.125. The molecule has 1 aromatic rings. The van der Waals surface area contributed by atoms with Gasteiger partial charge in [-0.15, -0.1) is 0 Å². The molecular formula is C10H11F3O2S. The molecule has 6 heteroatoms. The third-order valence-corrected chi connectivity index (χ3v) is 2.56. The first-order valence-corrected chi connectivity index (χ1v) is 5.51. The van der Waals surface area contributed by atoms with E-state index in [0.29, 0.717) is 11.3 Å². The summed E-state index contributed by atoms with van der Waals surface area (Å²) in [5, 5.41) is 9.32. The zero-order chi connectivity index (χ0) is 12.2. The van der Waals surface area contributed by atoms with Crippen LogP contribution in [0.4, 0.5) is 13.2 Å². The SMILES string of the molecule is Cc1c(O)cccc1OCCSC(F)(F)F. The Hall–Kier alpha value is -1.04. The molecule has 0 spiro atoms. The van der Waals surface area contributed by atoms with Crippen molar-refractivity contribution < 1.29 is 23.0 Å². The zero-order valence-corrected chi connectivity index (χ0v) is 9.36. The van der Waals surface area contributed by atoms with Crippen LogP contribution in [0.5, 0.6) is 11.5 Å². The summed E-state index contributed by atoms with van der Waals surface area (Å²) in [6, 6.07) is 4.68. The summed E-state index contributed by atoms with van der Waals surface area (Å²) in [7, 11) is 0. The highest BCUT2D eigenvalue weighted by Gasteiger charge is 2.27. The van der Waals surface area contributed by atoms with Crippen molar-refractivity contribution in [3.8, 4) is 11.5 Å². The van der Waals surface area contributed by atoms with Crippen molar-refractivity contribution in [3.63, 3.8) is 0 Å². The highest BCUT2D eigenvalue weighted by atomic mass is 32.2. The fraction of sp³-hybridized carbons (Fsp3) is 0.400. The Kier molecular flexibility index (Phi) is 4.35. The van der Waals surface area contributed by atoms with Crippen molar-refractivity contribution in [1.29, 1.82) is 0 Å². The molecule has 0 heterocycles. The van der Waals surface area contributed by atoms with Gasteiger partial charge >= 0.3 is 5.51 Å². The number of hydrogen-bond donors (Lipinski definition) is 1. The molecule has 90 valence electrons. The molecule has 0 saturated heterocycles. The van der Waals surface area contributed by atoms with E-state index in [1.165, 1.54) is 6.07 Å². The van der Waals surface area contributed by atoms with Crippen LogP contribution in [-0.2, 0) is 0 Å². The quantitative estimate of drug-likeness (QED) is 0.833. The largest absolute Gasteiger partial charge is 0.508 e. The topological polar surface area (TPSA) is 29.5 Å². The lowest BCUT2D eigenvalue weighted by Gasteiger charge is -2.10. The van der Waals surface area contributed by atoms with Crippen LogP contribution >= 0.6 is 11.8 Å². The summed E-state index contributed by atoms with van der Waals surface area (Å²) in [6.07, 6.45) is 0. The molecule has 1 aromatic carbocycles. The number of thioether (sulfide) groups is 1. The molecule has 1 rings (SSSR count). The number of aromatic hydroxyl groups is 1. The number of hydrogen-bond acceptors (Lipinski definition) is 3. The van der Waals surface area contributed by atoms with Crippen LogP contribution in [0.2, 0.25) is 0 Å². The normalized spacial score (nSPS) is 11.5. The van der Waals surface area contributed by atoms with E-state index in [0.717, 1.165) is 0 Å². The summed E-state index contributed by atoms with van der Waals surface area (Å²) in [5.74, 6) is 0.308. The minimum atomic E-state index is -4.22. The van der Waals surface area contributed by atoms with E-state index in [4.69, 9.17) is 4.74 Å². The van der Waals surface area contributed by atoms with Gasteiger partial charge in [0.15, 0.2) is 0 Å². The smallest absolute Gasteiger partial charge is 0.441 e. The van der Waals surface area contributed by atoms with E-state index in [2.05, 4.69) is 0 Å². The number of ether oxygens (including phenoxy) is 1. The zero-order valence-electron chi connectivity index (χ0n) is 8.54. The number of halogens is 3. The maximum atomic E-state index is 11.8. The minimum absolute atomic E-state index is 0.0472. The van der Waals surface area contributed by atoms with Gasteiger partial charge in [-0.05, 0) is 30.8 Å². The van der Waals surface area contributed by atoms with Gasteiger partial charge < -0.3 is 9.84 Å². The van der Waals surface area contributed by atoms with Crippen LogP contribution in [0.25, 0.3) is 0 Å². The van der Waals surface area contributed by atoms with Gasteiger partial charge in [0.2, 0.25) is 0 Å². The van der Waals surface area contributed by atoms with Crippen LogP contribution < -0.4 is 4.74 Å². The minimum Gasteiger partial charge on any atom is -0.508 e. The average molecular weight is 252 g/mol. The van der Waals surface area contributed by atoms with Crippen molar-refractivity contribution in [3.05, 3.63) is 23.8 Å². The predicted molar refractivity (Wildman–Crippen MR) is 56.9 cm³/mol. The molecule has 0 unspecified atom stereocenters. The molecule has 0 aliphatic carbocycles. The molecule has 0 atom stereocenters. The number of benzene rings is 1. The standard InChI is InChI=1S/C10H11F3O2S/c1-7-8(14)3-2-4-9(7)15-5-6-16-10(11,12)13/h2-4,14H,5-6H2,1H3. The number of alkyl halides is 3. The number of rotatable bonds is 4. The van der Waals surface area contributed by atoms with Gasteiger partial charge in [0.05, 0.1) is 6.61 Å². The fourth-order valence-corrected chi connectivity index (χ4v) is 1.47. The van der Waals surface area contributed by atoms with Crippen molar-refractivity contribution in [2.75, 3.05) is 12.4 Å². The lowest BCUT2D eigenvalue weighted by atomic mass is 10.2. The lowest BCUT2D eigenvalue weighted by molar-refractivity contribution is -0.0329. The molecular weight excluding hydrogens is 241 g/mol. The second-order valence-electron chi connectivity index (χ2n) is 3.04. The van der Waals surface area contributed by atoms with Crippen molar-refractivity contribution in [1.82, 2.24) is 0 Å². The van der Waals surface area contributed by atoms with Crippen molar-refractivity contribution in [2.24, 2.45) is 0 Å². The third kappa shape index (κ3) is 4.22. The number of phenolic OH excluding ortho intramolecular Hbond substituents is 1. The van der Waals surface area contributed by atoms with Crippen LogP contribution in [0.3, 0.4) is 0 Å². The monoisotopic (exact) mass is 252 g/mol. The van der Waals surface area contributed by atoms with E-state index in [-0.39, 0.29) is 29.9 Å². The maximum absolute atomic E-state index is 11.8. The Balaban J connectivity index is 2.41. The summed E-state index contributed by atoms with van der Waals surface area (Å²) in [5.41, 5.74) is -3.70. The molecule has 0 bridgehead atoms. The Morgan fingerprint density at radius 3 is 2.69 bits per heavy atom. The molecule has 0 radical (unpaired) electrons. The highest BCUT2D eigenvalue weighted by Crippen LogP contribution is 2.30. The van der Waals surface area contributed by atoms with Gasteiger partial charge in [-0.25, -0.2) is 0 Å². The summed E-state index contributed by atoms with van der Waals surface area (Å²) < 4.78 is 40.5.